The maximum Gasteiger partial charge on any atom is 0.181 e. The average molecular weight is 160 g/mol. The van der Waals surface area contributed by atoms with Crippen LogP contribution in [0.3, 0.4) is 0 Å². The molecule has 0 atom stereocenters. The molecule has 2 rings (SSSR count). The van der Waals surface area contributed by atoms with E-state index in [-0.39, 0.29) is 0 Å². The molecule has 0 bridgehead atoms. The molecular formula is C6H4N6. The molecule has 0 radical (unpaired) electrons. The van der Waals surface area contributed by atoms with Crippen molar-refractivity contribution in [2.45, 2.75) is 0 Å². The fourth-order valence-electron chi connectivity index (χ4n) is 0.731. The van der Waals surface area contributed by atoms with E-state index in [1.165, 1.54) is 6.20 Å². The van der Waals surface area contributed by atoms with Gasteiger partial charge in [-0.3, -0.25) is 0 Å². The Bertz CT molecular complexity index is 309. The molecule has 12 heavy (non-hydrogen) atoms. The Morgan fingerprint density at radius 2 is 1.83 bits per heavy atom. The summed E-state index contributed by atoms with van der Waals surface area (Å²) in [6, 6.07) is 1.73. The number of hydrogen-bond donors (Lipinski definition) is 0. The number of aromatic nitrogens is 6. The quantitative estimate of drug-likeness (QED) is 0.571. The highest BCUT2D eigenvalue weighted by Gasteiger charge is 2.00. The minimum absolute atomic E-state index is 0.500. The molecule has 58 valence electrons. The molecule has 0 amide bonds. The Balaban J connectivity index is 2.46. The first-order valence-electron chi connectivity index (χ1n) is 3.25. The third-order valence-corrected chi connectivity index (χ3v) is 1.22. The molecule has 0 aliphatic carbocycles. The van der Waals surface area contributed by atoms with Crippen LogP contribution in [0.15, 0.2) is 24.7 Å². The monoisotopic (exact) mass is 160 g/mol. The Hall–Kier alpha value is -1.98. The summed E-state index contributed by atoms with van der Waals surface area (Å²) in [5.41, 5.74) is 0.519. The summed E-state index contributed by atoms with van der Waals surface area (Å²) in [5.74, 6) is 0.500. The standard InChI is InChI=1S/C6H4N6/c1-2-7-6(8-3-1)5-4-9-11-12-10-5/h1-4H. The molecule has 2 heterocycles. The fraction of sp³-hybridized carbons (Fsp3) is 0. The van der Waals surface area contributed by atoms with Crippen molar-refractivity contribution in [2.24, 2.45) is 0 Å². The van der Waals surface area contributed by atoms with E-state index in [1.54, 1.807) is 18.5 Å². The van der Waals surface area contributed by atoms with Crippen LogP contribution in [0, 0.1) is 0 Å². The summed E-state index contributed by atoms with van der Waals surface area (Å²) in [5, 5.41) is 13.9. The van der Waals surface area contributed by atoms with E-state index in [9.17, 15) is 0 Å². The van der Waals surface area contributed by atoms with Gasteiger partial charge in [-0.15, -0.1) is 10.2 Å². The highest BCUT2D eigenvalue weighted by atomic mass is 15.4. The summed E-state index contributed by atoms with van der Waals surface area (Å²) in [4.78, 5) is 7.94. The van der Waals surface area contributed by atoms with Gasteiger partial charge in [0.1, 0.15) is 0 Å². The van der Waals surface area contributed by atoms with E-state index in [2.05, 4.69) is 30.6 Å². The molecule has 0 aliphatic rings. The van der Waals surface area contributed by atoms with Gasteiger partial charge in [0.25, 0.3) is 0 Å². The zero-order valence-corrected chi connectivity index (χ0v) is 5.99. The molecule has 0 aliphatic heterocycles. The molecule has 0 spiro atoms. The molecule has 6 nitrogen and oxygen atoms in total. The molecule has 0 unspecified atom stereocenters. The zero-order chi connectivity index (χ0) is 8.23. The predicted molar refractivity (Wildman–Crippen MR) is 38.6 cm³/mol. The molecule has 2 aromatic rings. The maximum absolute atomic E-state index is 3.97. The average Bonchev–Trinajstić information content (AvgIpc) is 2.21. The highest BCUT2D eigenvalue weighted by Crippen LogP contribution is 2.04. The highest BCUT2D eigenvalue weighted by molar-refractivity contribution is 5.44. The lowest BCUT2D eigenvalue weighted by Gasteiger charge is -1.92. The van der Waals surface area contributed by atoms with Crippen LogP contribution >= 0.6 is 0 Å². The van der Waals surface area contributed by atoms with Crippen molar-refractivity contribution >= 4 is 0 Å². The van der Waals surface area contributed by atoms with Crippen LogP contribution in [-0.4, -0.2) is 30.6 Å². The van der Waals surface area contributed by atoms with Crippen molar-refractivity contribution in [3.05, 3.63) is 24.7 Å². The number of hydrogen-bond acceptors (Lipinski definition) is 6. The van der Waals surface area contributed by atoms with Gasteiger partial charge in [-0.1, -0.05) is 0 Å². The molecule has 0 fully saturated rings. The summed E-state index contributed by atoms with van der Waals surface area (Å²) < 4.78 is 0. The largest absolute Gasteiger partial charge is 0.235 e. The van der Waals surface area contributed by atoms with Gasteiger partial charge in [-0.2, -0.15) is 0 Å². The molecule has 0 N–H and O–H groups in total. The van der Waals surface area contributed by atoms with E-state index in [1.807, 2.05) is 0 Å². The van der Waals surface area contributed by atoms with Crippen molar-refractivity contribution < 1.29 is 0 Å². The Morgan fingerprint density at radius 3 is 2.50 bits per heavy atom. The van der Waals surface area contributed by atoms with Crippen LogP contribution in [0.1, 0.15) is 0 Å². The normalized spacial score (nSPS) is 9.67. The van der Waals surface area contributed by atoms with Crippen molar-refractivity contribution in [3.63, 3.8) is 0 Å². The van der Waals surface area contributed by atoms with Gasteiger partial charge in [-0.25, -0.2) is 9.97 Å². The van der Waals surface area contributed by atoms with Gasteiger partial charge in [0.15, 0.2) is 11.5 Å². The fourth-order valence-corrected chi connectivity index (χ4v) is 0.731. The van der Waals surface area contributed by atoms with Gasteiger partial charge >= 0.3 is 0 Å². The summed E-state index contributed by atoms with van der Waals surface area (Å²) >= 11 is 0. The first kappa shape index (κ1) is 6.71. The third kappa shape index (κ3) is 1.22. The summed E-state index contributed by atoms with van der Waals surface area (Å²) in [7, 11) is 0. The molecule has 0 saturated carbocycles. The van der Waals surface area contributed by atoms with Crippen LogP contribution in [-0.2, 0) is 0 Å². The first-order chi connectivity index (χ1) is 5.97. The first-order valence-corrected chi connectivity index (χ1v) is 3.25. The van der Waals surface area contributed by atoms with Crippen LogP contribution < -0.4 is 0 Å². The van der Waals surface area contributed by atoms with E-state index >= 15 is 0 Å². The Labute approximate surface area is 67.7 Å². The van der Waals surface area contributed by atoms with Crippen LogP contribution in [0.25, 0.3) is 11.5 Å². The number of rotatable bonds is 1. The van der Waals surface area contributed by atoms with E-state index in [0.717, 1.165) is 0 Å². The third-order valence-electron chi connectivity index (χ3n) is 1.22. The molecule has 0 aromatic carbocycles. The van der Waals surface area contributed by atoms with Crippen molar-refractivity contribution in [1.82, 2.24) is 30.6 Å². The maximum atomic E-state index is 3.97. The lowest BCUT2D eigenvalue weighted by atomic mass is 10.4. The molecular weight excluding hydrogens is 156 g/mol. The lowest BCUT2D eigenvalue weighted by Crippen LogP contribution is -1.95. The van der Waals surface area contributed by atoms with Crippen LogP contribution in [0.4, 0.5) is 0 Å². The smallest absolute Gasteiger partial charge is 0.181 e. The Kier molecular flexibility index (Phi) is 1.65. The topological polar surface area (TPSA) is 77.3 Å². The number of nitrogens with zero attached hydrogens (tertiary/aromatic N) is 6. The van der Waals surface area contributed by atoms with Crippen molar-refractivity contribution in [1.29, 1.82) is 0 Å². The van der Waals surface area contributed by atoms with Gasteiger partial charge in [0, 0.05) is 12.4 Å². The summed E-state index contributed by atoms with van der Waals surface area (Å²) in [6.07, 6.45) is 4.72. The second kappa shape index (κ2) is 2.95. The minimum Gasteiger partial charge on any atom is -0.235 e. The second-order valence-corrected chi connectivity index (χ2v) is 1.98. The summed E-state index contributed by atoms with van der Waals surface area (Å²) in [6.45, 7) is 0. The SMILES string of the molecule is c1cnc(-c2cnnnn2)nc1. The predicted octanol–water partition coefficient (Wildman–Crippen LogP) is -0.276. The molecule has 6 heteroatoms. The van der Waals surface area contributed by atoms with Crippen LogP contribution in [0.2, 0.25) is 0 Å². The van der Waals surface area contributed by atoms with Gasteiger partial charge in [0.2, 0.25) is 0 Å². The molecule has 2 aromatic heterocycles. The zero-order valence-electron chi connectivity index (χ0n) is 5.99. The van der Waals surface area contributed by atoms with E-state index < -0.39 is 0 Å². The van der Waals surface area contributed by atoms with E-state index in [4.69, 9.17) is 0 Å². The van der Waals surface area contributed by atoms with Gasteiger partial charge in [-0.05, 0) is 16.5 Å². The van der Waals surface area contributed by atoms with Crippen LogP contribution in [0.5, 0.6) is 0 Å². The Morgan fingerprint density at radius 1 is 1.00 bits per heavy atom. The van der Waals surface area contributed by atoms with Crippen molar-refractivity contribution in [3.8, 4) is 11.5 Å². The van der Waals surface area contributed by atoms with E-state index in [0.29, 0.717) is 11.5 Å². The minimum atomic E-state index is 0.500. The van der Waals surface area contributed by atoms with Crippen molar-refractivity contribution in [2.75, 3.05) is 0 Å². The van der Waals surface area contributed by atoms with Gasteiger partial charge < -0.3 is 0 Å². The lowest BCUT2D eigenvalue weighted by molar-refractivity contribution is 0.762. The second-order valence-electron chi connectivity index (χ2n) is 1.98. The molecule has 0 saturated heterocycles. The van der Waals surface area contributed by atoms with Gasteiger partial charge in [0.05, 0.1) is 6.20 Å².